The van der Waals surface area contributed by atoms with Crippen LogP contribution in [0.3, 0.4) is 0 Å². The second-order valence-electron chi connectivity index (χ2n) is 10.2. The number of morpholine rings is 1. The number of hydrogen-bond acceptors (Lipinski definition) is 5. The quantitative estimate of drug-likeness (QED) is 0.350. The van der Waals surface area contributed by atoms with Gasteiger partial charge in [0, 0.05) is 38.4 Å². The molecule has 204 valence electrons. The molecule has 3 rings (SSSR count). The van der Waals surface area contributed by atoms with Crippen LogP contribution >= 0.6 is 11.6 Å². The number of ether oxygens (including phenoxy) is 2. The minimum Gasteiger partial charge on any atom is -0.385 e. The van der Waals surface area contributed by atoms with Crippen molar-refractivity contribution in [3.8, 4) is 0 Å². The third-order valence-corrected chi connectivity index (χ3v) is 7.87. The van der Waals surface area contributed by atoms with Gasteiger partial charge in [0.05, 0.1) is 18.2 Å². The Morgan fingerprint density at radius 2 is 2.11 bits per heavy atom. The molecule has 1 saturated heterocycles. The van der Waals surface area contributed by atoms with Gasteiger partial charge >= 0.3 is 6.03 Å². The highest BCUT2D eigenvalue weighted by molar-refractivity contribution is 6.30. The normalized spacial score (nSPS) is 21.7. The number of urea groups is 1. The number of unbranched alkanes of at least 4 members (excludes halogenated alkanes) is 1. The molecule has 1 aromatic carbocycles. The van der Waals surface area contributed by atoms with Crippen LogP contribution in [-0.2, 0) is 15.1 Å². The molecule has 2 aliphatic rings. The zero-order valence-corrected chi connectivity index (χ0v) is 22.5. The Morgan fingerprint density at radius 1 is 1.33 bits per heavy atom. The molecular weight excluding hydrogens is 485 g/mol. The van der Waals surface area contributed by atoms with Crippen molar-refractivity contribution in [3.05, 3.63) is 34.6 Å². The summed E-state index contributed by atoms with van der Waals surface area (Å²) in [4.78, 5) is 15.0. The number of carbonyl (C=O) groups excluding carboxylic acids is 1. The van der Waals surface area contributed by atoms with E-state index in [1.165, 1.54) is 38.2 Å². The van der Waals surface area contributed by atoms with Crippen molar-refractivity contribution in [1.29, 1.82) is 0 Å². The highest BCUT2D eigenvalue weighted by atomic mass is 35.5. The van der Waals surface area contributed by atoms with Crippen LogP contribution in [-0.4, -0.2) is 75.2 Å². The molecule has 0 bridgehead atoms. The van der Waals surface area contributed by atoms with Crippen molar-refractivity contribution in [1.82, 2.24) is 15.5 Å². The van der Waals surface area contributed by atoms with Crippen molar-refractivity contribution in [2.45, 2.75) is 75.5 Å². The fraction of sp³-hybridized carbons (Fsp3) is 0.741. The van der Waals surface area contributed by atoms with E-state index in [-0.39, 0.29) is 42.2 Å². The molecule has 1 aliphatic heterocycles. The molecule has 0 spiro atoms. The van der Waals surface area contributed by atoms with Crippen LogP contribution in [0.2, 0.25) is 5.02 Å². The number of methoxy groups -OCH3 is 1. The third kappa shape index (κ3) is 7.78. The van der Waals surface area contributed by atoms with Crippen LogP contribution in [0.4, 0.5) is 9.18 Å². The van der Waals surface area contributed by atoms with Crippen molar-refractivity contribution in [3.63, 3.8) is 0 Å². The molecular formula is C27H43ClFN3O4. The number of carbonyl (C=O) groups is 1. The van der Waals surface area contributed by atoms with Crippen LogP contribution < -0.4 is 10.6 Å². The summed E-state index contributed by atoms with van der Waals surface area (Å²) in [6, 6.07) is 4.49. The molecule has 3 N–H and O–H groups in total. The van der Waals surface area contributed by atoms with E-state index in [2.05, 4.69) is 10.6 Å². The fourth-order valence-corrected chi connectivity index (χ4v) is 5.78. The number of rotatable bonds is 12. The largest absolute Gasteiger partial charge is 0.385 e. The van der Waals surface area contributed by atoms with Crippen LogP contribution in [0.1, 0.15) is 63.4 Å². The fourth-order valence-electron chi connectivity index (χ4n) is 5.60. The lowest BCUT2D eigenvalue weighted by molar-refractivity contribution is -0.147. The number of benzene rings is 1. The van der Waals surface area contributed by atoms with E-state index in [4.69, 9.17) is 21.1 Å². The molecule has 36 heavy (non-hydrogen) atoms. The van der Waals surface area contributed by atoms with E-state index in [1.807, 2.05) is 7.05 Å². The van der Waals surface area contributed by atoms with Gasteiger partial charge in [-0.2, -0.15) is 0 Å². The van der Waals surface area contributed by atoms with Gasteiger partial charge in [0.1, 0.15) is 17.5 Å². The summed E-state index contributed by atoms with van der Waals surface area (Å²) in [5.74, 6) is -0.0158. The molecule has 3 atom stereocenters. The number of likely N-dealkylation sites (N-methyl/N-ethyl adjacent to an activating group) is 1. The van der Waals surface area contributed by atoms with E-state index in [1.54, 1.807) is 24.1 Å². The Balaban J connectivity index is 1.72. The Labute approximate surface area is 220 Å². The first-order valence-corrected chi connectivity index (χ1v) is 13.7. The molecule has 9 heteroatoms. The second-order valence-corrected chi connectivity index (χ2v) is 10.6. The van der Waals surface area contributed by atoms with Gasteiger partial charge in [0.2, 0.25) is 0 Å². The van der Waals surface area contributed by atoms with Gasteiger partial charge in [-0.1, -0.05) is 55.8 Å². The van der Waals surface area contributed by atoms with E-state index in [0.29, 0.717) is 38.5 Å². The maximum Gasteiger partial charge on any atom is 0.317 e. The van der Waals surface area contributed by atoms with Gasteiger partial charge < -0.3 is 30.1 Å². The minimum absolute atomic E-state index is 0.0326. The number of hydrogen-bond donors (Lipinski definition) is 3. The molecule has 2 amide bonds. The van der Waals surface area contributed by atoms with E-state index in [0.717, 1.165) is 6.42 Å². The average Bonchev–Trinajstić information content (AvgIpc) is 2.89. The highest BCUT2D eigenvalue weighted by Crippen LogP contribution is 2.37. The van der Waals surface area contributed by atoms with Gasteiger partial charge in [-0.3, -0.25) is 0 Å². The Bertz CT molecular complexity index is 826. The topological polar surface area (TPSA) is 83.1 Å². The smallest absolute Gasteiger partial charge is 0.317 e. The maximum absolute atomic E-state index is 15.1. The lowest BCUT2D eigenvalue weighted by Crippen LogP contribution is -2.58. The van der Waals surface area contributed by atoms with E-state index < -0.39 is 17.5 Å². The molecule has 7 nitrogen and oxygen atoms in total. The average molecular weight is 528 g/mol. The van der Waals surface area contributed by atoms with Crippen molar-refractivity contribution < 1.29 is 23.8 Å². The standard InChI is InChI=1S/C27H43ClFN3O4/c1-30-18-21(17-20-9-4-3-5-10-20)31-26(33)32-14-16-36-24(19-32)27(34,13-6-7-15-35-2)22-11-8-12-23(28)25(22)29/h8,11-12,20-21,24,30,34H,3-7,9-10,13-19H2,1-2H3,(H,31,33)/t21-,24?,27+/m0/s1. The Kier molecular flexibility index (Phi) is 11.7. The SMILES string of the molecule is CNC[C@H](CC1CCCCC1)NC(=O)N1CCOC([C@@](O)(CCCCOC)c2cccc(Cl)c2F)C1. The summed E-state index contributed by atoms with van der Waals surface area (Å²) in [5, 5.41) is 18.2. The number of amides is 2. The molecule has 1 heterocycles. The van der Waals surface area contributed by atoms with Gasteiger partial charge in [-0.15, -0.1) is 0 Å². The van der Waals surface area contributed by atoms with Crippen LogP contribution in [0.15, 0.2) is 18.2 Å². The number of nitrogens with one attached hydrogen (secondary N) is 2. The molecule has 2 fully saturated rings. The van der Waals surface area contributed by atoms with Gasteiger partial charge in [0.15, 0.2) is 0 Å². The molecule has 1 saturated carbocycles. The van der Waals surface area contributed by atoms with Crippen molar-refractivity contribution >= 4 is 17.6 Å². The van der Waals surface area contributed by atoms with E-state index >= 15 is 4.39 Å². The van der Waals surface area contributed by atoms with Gasteiger partial charge in [-0.05, 0) is 44.7 Å². The summed E-state index contributed by atoms with van der Waals surface area (Å²) >= 11 is 6.06. The first kappa shape index (κ1) is 29.1. The lowest BCUT2D eigenvalue weighted by Gasteiger charge is -2.43. The highest BCUT2D eigenvalue weighted by Gasteiger charge is 2.44. The van der Waals surface area contributed by atoms with Gasteiger partial charge in [0.25, 0.3) is 0 Å². The maximum atomic E-state index is 15.1. The predicted molar refractivity (Wildman–Crippen MR) is 140 cm³/mol. The summed E-state index contributed by atoms with van der Waals surface area (Å²) in [7, 11) is 3.52. The third-order valence-electron chi connectivity index (χ3n) is 7.58. The van der Waals surface area contributed by atoms with Crippen LogP contribution in [0.5, 0.6) is 0 Å². The number of aliphatic hydroxyl groups is 1. The molecule has 1 aromatic rings. The Morgan fingerprint density at radius 3 is 2.83 bits per heavy atom. The summed E-state index contributed by atoms with van der Waals surface area (Å²) in [6.07, 6.45) is 8.02. The summed E-state index contributed by atoms with van der Waals surface area (Å²) < 4.78 is 26.2. The summed E-state index contributed by atoms with van der Waals surface area (Å²) in [6.45, 7) is 2.08. The molecule has 0 aromatic heterocycles. The molecule has 1 aliphatic carbocycles. The van der Waals surface area contributed by atoms with Crippen LogP contribution in [0.25, 0.3) is 0 Å². The number of nitrogens with zero attached hydrogens (tertiary/aromatic N) is 1. The monoisotopic (exact) mass is 527 g/mol. The minimum atomic E-state index is -1.63. The first-order valence-electron chi connectivity index (χ1n) is 13.4. The van der Waals surface area contributed by atoms with Crippen LogP contribution in [0, 0.1) is 11.7 Å². The first-order chi connectivity index (χ1) is 17.4. The Hall–Kier alpha value is -1.45. The van der Waals surface area contributed by atoms with Gasteiger partial charge in [-0.25, -0.2) is 9.18 Å². The van der Waals surface area contributed by atoms with Crippen molar-refractivity contribution in [2.24, 2.45) is 5.92 Å². The molecule has 0 radical (unpaired) electrons. The van der Waals surface area contributed by atoms with E-state index in [9.17, 15) is 9.90 Å². The zero-order valence-electron chi connectivity index (χ0n) is 21.7. The predicted octanol–water partition coefficient (Wildman–Crippen LogP) is 4.45. The second kappa shape index (κ2) is 14.5. The summed E-state index contributed by atoms with van der Waals surface area (Å²) in [5.41, 5.74) is -1.53. The molecule has 1 unspecified atom stereocenters. The zero-order chi connectivity index (χ0) is 26.0. The van der Waals surface area contributed by atoms with Crippen molar-refractivity contribution in [2.75, 3.05) is 47.0 Å². The lowest BCUT2D eigenvalue weighted by atomic mass is 9.82. The number of halogens is 2.